The first-order chi connectivity index (χ1) is 9.56. The zero-order valence-corrected chi connectivity index (χ0v) is 12.2. The third kappa shape index (κ3) is 3.99. The van der Waals surface area contributed by atoms with Crippen LogP contribution in [0.2, 0.25) is 5.02 Å². The van der Waals surface area contributed by atoms with E-state index in [2.05, 4.69) is 0 Å². The van der Waals surface area contributed by atoms with Crippen molar-refractivity contribution < 1.29 is 9.90 Å². The average Bonchev–Trinajstić information content (AvgIpc) is 2.39. The van der Waals surface area contributed by atoms with E-state index in [0.29, 0.717) is 11.4 Å². The minimum Gasteiger partial charge on any atom is -0.481 e. The number of carboxylic acids is 1. The van der Waals surface area contributed by atoms with Crippen LogP contribution in [0.1, 0.15) is 12.0 Å². The molecule has 0 amide bonds. The summed E-state index contributed by atoms with van der Waals surface area (Å²) in [7, 11) is 0. The van der Waals surface area contributed by atoms with Crippen LogP contribution in [0, 0.1) is 0 Å². The van der Waals surface area contributed by atoms with E-state index in [4.69, 9.17) is 28.3 Å². The Bertz CT molecular complexity index is 594. The van der Waals surface area contributed by atoms with E-state index in [1.165, 1.54) is 0 Å². The Labute approximate surface area is 128 Å². The van der Waals surface area contributed by atoms with E-state index in [1.54, 1.807) is 0 Å². The van der Waals surface area contributed by atoms with Crippen molar-refractivity contribution in [3.63, 3.8) is 0 Å². The summed E-state index contributed by atoms with van der Waals surface area (Å²) < 4.78 is 0. The van der Waals surface area contributed by atoms with Crippen LogP contribution in [0.25, 0.3) is 11.1 Å². The molecule has 2 rings (SSSR count). The summed E-state index contributed by atoms with van der Waals surface area (Å²) in [4.78, 5) is 10.7. The molecule has 0 saturated carbocycles. The molecule has 4 heteroatoms. The minimum atomic E-state index is -0.881. The first-order valence-electron chi connectivity index (χ1n) is 6.26. The molecular formula is C16H14Cl2O2. The predicted octanol–water partition coefficient (Wildman–Crippen LogP) is 4.63. The highest BCUT2D eigenvalue weighted by Gasteiger charge is 2.13. The third-order valence-electron chi connectivity index (χ3n) is 3.01. The van der Waals surface area contributed by atoms with Gasteiger partial charge in [-0.25, -0.2) is 0 Å². The van der Waals surface area contributed by atoms with Crippen LogP contribution in [0.4, 0.5) is 0 Å². The topological polar surface area (TPSA) is 37.3 Å². The number of hydrogen-bond donors (Lipinski definition) is 1. The predicted molar refractivity (Wildman–Crippen MR) is 82.5 cm³/mol. The van der Waals surface area contributed by atoms with Crippen LogP contribution in [-0.4, -0.2) is 16.5 Å². The number of carbonyl (C=O) groups is 1. The molecule has 1 atom stereocenters. The summed E-state index contributed by atoms with van der Waals surface area (Å²) in [5.74, 6) is -0.881. The number of rotatable bonds is 5. The highest BCUT2D eigenvalue weighted by Crippen LogP contribution is 2.27. The van der Waals surface area contributed by atoms with Gasteiger partial charge >= 0.3 is 5.97 Å². The molecule has 0 fully saturated rings. The summed E-state index contributed by atoms with van der Waals surface area (Å²) >= 11 is 12.0. The van der Waals surface area contributed by atoms with Gasteiger partial charge in [-0.3, -0.25) is 4.79 Å². The van der Waals surface area contributed by atoms with Gasteiger partial charge in [0.25, 0.3) is 0 Å². The molecule has 0 aliphatic carbocycles. The van der Waals surface area contributed by atoms with E-state index in [-0.39, 0.29) is 6.42 Å². The Morgan fingerprint density at radius 1 is 1.10 bits per heavy atom. The lowest BCUT2D eigenvalue weighted by atomic mass is 9.96. The van der Waals surface area contributed by atoms with Gasteiger partial charge in [-0.1, -0.05) is 48.0 Å². The Morgan fingerprint density at radius 2 is 1.75 bits per heavy atom. The van der Waals surface area contributed by atoms with Crippen molar-refractivity contribution in [3.8, 4) is 11.1 Å². The average molecular weight is 309 g/mol. The van der Waals surface area contributed by atoms with Crippen LogP contribution in [0.3, 0.4) is 0 Å². The molecule has 0 heterocycles. The molecule has 1 unspecified atom stereocenters. The van der Waals surface area contributed by atoms with Gasteiger partial charge in [-0.15, -0.1) is 11.6 Å². The lowest BCUT2D eigenvalue weighted by Gasteiger charge is -2.12. The number of aliphatic carboxylic acids is 1. The van der Waals surface area contributed by atoms with Gasteiger partial charge in [0, 0.05) is 10.4 Å². The molecule has 20 heavy (non-hydrogen) atoms. The SMILES string of the molecule is O=C(O)CC(Cl)Cc1ccccc1-c1ccc(Cl)cc1. The van der Waals surface area contributed by atoms with E-state index in [0.717, 1.165) is 16.7 Å². The van der Waals surface area contributed by atoms with Gasteiger partial charge in [0.1, 0.15) is 0 Å². The first kappa shape index (κ1) is 14.9. The number of hydrogen-bond acceptors (Lipinski definition) is 1. The summed E-state index contributed by atoms with van der Waals surface area (Å²) in [6.45, 7) is 0. The van der Waals surface area contributed by atoms with Crippen molar-refractivity contribution in [2.75, 3.05) is 0 Å². The van der Waals surface area contributed by atoms with Crippen molar-refractivity contribution in [1.29, 1.82) is 0 Å². The fraction of sp³-hybridized carbons (Fsp3) is 0.188. The molecule has 0 saturated heterocycles. The Morgan fingerprint density at radius 3 is 2.40 bits per heavy atom. The normalized spacial score (nSPS) is 12.1. The van der Waals surface area contributed by atoms with E-state index in [9.17, 15) is 4.79 Å². The molecule has 0 aromatic heterocycles. The molecule has 0 spiro atoms. The van der Waals surface area contributed by atoms with Gasteiger partial charge in [-0.05, 0) is 35.2 Å². The lowest BCUT2D eigenvalue weighted by Crippen LogP contribution is -2.10. The van der Waals surface area contributed by atoms with Crippen LogP contribution in [-0.2, 0) is 11.2 Å². The molecule has 2 aromatic rings. The standard InChI is InChI=1S/C16H14Cl2O2/c17-13-7-5-11(6-8-13)15-4-2-1-3-12(15)9-14(18)10-16(19)20/h1-8,14H,9-10H2,(H,19,20). The number of benzene rings is 2. The molecular weight excluding hydrogens is 295 g/mol. The van der Waals surface area contributed by atoms with E-state index < -0.39 is 11.3 Å². The highest BCUT2D eigenvalue weighted by atomic mass is 35.5. The second-order valence-corrected chi connectivity index (χ2v) is 5.62. The zero-order valence-electron chi connectivity index (χ0n) is 10.7. The number of carboxylic acid groups (broad SMARTS) is 1. The fourth-order valence-electron chi connectivity index (χ4n) is 2.11. The fourth-order valence-corrected chi connectivity index (χ4v) is 2.53. The molecule has 104 valence electrons. The molecule has 2 nitrogen and oxygen atoms in total. The number of halogens is 2. The summed E-state index contributed by atoms with van der Waals surface area (Å²) in [6.07, 6.45) is 0.475. The maximum atomic E-state index is 10.7. The second-order valence-electron chi connectivity index (χ2n) is 4.56. The minimum absolute atomic E-state index is 0.0451. The van der Waals surface area contributed by atoms with Crippen molar-refractivity contribution in [3.05, 3.63) is 59.1 Å². The first-order valence-corrected chi connectivity index (χ1v) is 7.07. The van der Waals surface area contributed by atoms with Gasteiger partial charge in [-0.2, -0.15) is 0 Å². The molecule has 0 aliphatic rings. The zero-order chi connectivity index (χ0) is 14.5. The van der Waals surface area contributed by atoms with Gasteiger partial charge in [0.2, 0.25) is 0 Å². The van der Waals surface area contributed by atoms with E-state index in [1.807, 2.05) is 48.5 Å². The van der Waals surface area contributed by atoms with Crippen molar-refractivity contribution in [2.45, 2.75) is 18.2 Å². The van der Waals surface area contributed by atoms with Crippen LogP contribution >= 0.6 is 23.2 Å². The van der Waals surface area contributed by atoms with Crippen molar-refractivity contribution in [1.82, 2.24) is 0 Å². The van der Waals surface area contributed by atoms with Crippen molar-refractivity contribution >= 4 is 29.2 Å². The summed E-state index contributed by atoms with van der Waals surface area (Å²) in [5.41, 5.74) is 3.14. The molecule has 0 bridgehead atoms. The van der Waals surface area contributed by atoms with Gasteiger partial charge in [0.05, 0.1) is 6.42 Å². The quantitative estimate of drug-likeness (QED) is 0.818. The van der Waals surface area contributed by atoms with Crippen LogP contribution in [0.15, 0.2) is 48.5 Å². The molecule has 0 aliphatic heterocycles. The lowest BCUT2D eigenvalue weighted by molar-refractivity contribution is -0.137. The van der Waals surface area contributed by atoms with Crippen molar-refractivity contribution in [2.24, 2.45) is 0 Å². The maximum Gasteiger partial charge on any atom is 0.304 e. The summed E-state index contributed by atoms with van der Waals surface area (Å²) in [6, 6.07) is 15.4. The Balaban J connectivity index is 2.26. The van der Waals surface area contributed by atoms with E-state index >= 15 is 0 Å². The van der Waals surface area contributed by atoms with Crippen LogP contribution < -0.4 is 0 Å². The Kier molecular flexibility index (Phi) is 5.05. The largest absolute Gasteiger partial charge is 0.481 e. The smallest absolute Gasteiger partial charge is 0.304 e. The summed E-state index contributed by atoms with van der Waals surface area (Å²) in [5, 5.41) is 9.05. The molecule has 2 aromatic carbocycles. The molecule has 1 N–H and O–H groups in total. The third-order valence-corrected chi connectivity index (χ3v) is 3.57. The Hall–Kier alpha value is -1.51. The number of alkyl halides is 1. The maximum absolute atomic E-state index is 10.7. The van der Waals surface area contributed by atoms with Gasteiger partial charge < -0.3 is 5.11 Å². The van der Waals surface area contributed by atoms with Crippen LogP contribution in [0.5, 0.6) is 0 Å². The second kappa shape index (κ2) is 6.78. The monoisotopic (exact) mass is 308 g/mol. The van der Waals surface area contributed by atoms with Gasteiger partial charge in [0.15, 0.2) is 0 Å². The highest BCUT2D eigenvalue weighted by molar-refractivity contribution is 6.30. The molecule has 0 radical (unpaired) electrons.